The largest absolute Gasteiger partial charge is 0.462 e. The molecule has 0 spiro atoms. The fourth-order valence-electron chi connectivity index (χ4n) is 6.62. The molecule has 0 aromatic carbocycles. The van der Waals surface area contributed by atoms with E-state index in [9.17, 15) is 14.4 Å². The maximum atomic E-state index is 12.6. The van der Waals surface area contributed by atoms with Crippen molar-refractivity contribution in [3.05, 3.63) is 60.8 Å². The lowest BCUT2D eigenvalue weighted by atomic mass is 10.1. The average Bonchev–Trinajstić information content (AvgIpc) is 3.21. The van der Waals surface area contributed by atoms with Crippen molar-refractivity contribution in [2.24, 2.45) is 0 Å². The van der Waals surface area contributed by atoms with Gasteiger partial charge in [-0.15, -0.1) is 0 Å². The van der Waals surface area contributed by atoms with Crippen molar-refractivity contribution in [3.63, 3.8) is 0 Å². The SMILES string of the molecule is CCCCCCCCC/C=C/C=C/C=C/C=C/C=C/C(=O)OC(COC(=O)CCCCCCCCCCCCC)COC(=O)CCCCCCCCCCCCC. The molecular weight excluding hydrogens is 709 g/mol. The first-order chi connectivity index (χ1) is 28.0. The summed E-state index contributed by atoms with van der Waals surface area (Å²) in [6.45, 7) is 6.47. The first-order valence-corrected chi connectivity index (χ1v) is 23.9. The molecule has 0 heterocycles. The molecule has 0 unspecified atom stereocenters. The summed E-state index contributed by atoms with van der Waals surface area (Å²) in [7, 11) is 0. The van der Waals surface area contributed by atoms with Crippen LogP contribution in [0.3, 0.4) is 0 Å². The summed E-state index contributed by atoms with van der Waals surface area (Å²) in [5.74, 6) is -1.22. The topological polar surface area (TPSA) is 78.9 Å². The van der Waals surface area contributed by atoms with Gasteiger partial charge in [-0.2, -0.15) is 0 Å². The van der Waals surface area contributed by atoms with Crippen LogP contribution in [0.15, 0.2) is 60.8 Å². The Morgan fingerprint density at radius 2 is 0.702 bits per heavy atom. The molecule has 6 nitrogen and oxygen atoms in total. The number of esters is 3. The molecule has 6 heteroatoms. The van der Waals surface area contributed by atoms with E-state index < -0.39 is 12.1 Å². The third kappa shape index (κ3) is 44.1. The van der Waals surface area contributed by atoms with Gasteiger partial charge in [0.15, 0.2) is 6.10 Å². The number of allylic oxidation sites excluding steroid dienone is 9. The Balaban J connectivity index is 4.58. The van der Waals surface area contributed by atoms with Crippen molar-refractivity contribution in [3.8, 4) is 0 Å². The van der Waals surface area contributed by atoms with Crippen molar-refractivity contribution in [2.45, 2.75) is 232 Å². The van der Waals surface area contributed by atoms with E-state index in [1.54, 1.807) is 12.2 Å². The molecule has 0 atom stereocenters. The Bertz CT molecular complexity index is 1010. The molecule has 0 radical (unpaired) electrons. The normalized spacial score (nSPS) is 12.1. The van der Waals surface area contributed by atoms with Crippen molar-refractivity contribution in [1.29, 1.82) is 0 Å². The monoisotopic (exact) mass is 797 g/mol. The molecule has 0 rings (SSSR count). The summed E-state index contributed by atoms with van der Waals surface area (Å²) < 4.78 is 16.5. The van der Waals surface area contributed by atoms with Crippen LogP contribution >= 0.6 is 0 Å². The fraction of sp³-hybridized carbons (Fsp3) is 0.745. The summed E-state index contributed by atoms with van der Waals surface area (Å²) in [5.41, 5.74) is 0. The molecule has 0 aliphatic heterocycles. The lowest BCUT2D eigenvalue weighted by Crippen LogP contribution is -2.30. The lowest BCUT2D eigenvalue weighted by Gasteiger charge is -2.17. The smallest absolute Gasteiger partial charge is 0.331 e. The minimum absolute atomic E-state index is 0.138. The molecular formula is C51H88O6. The minimum Gasteiger partial charge on any atom is -0.462 e. The van der Waals surface area contributed by atoms with Crippen LogP contribution in [0.5, 0.6) is 0 Å². The van der Waals surface area contributed by atoms with Gasteiger partial charge in [0, 0.05) is 18.9 Å². The Morgan fingerprint density at radius 3 is 1.09 bits per heavy atom. The Morgan fingerprint density at radius 1 is 0.386 bits per heavy atom. The summed E-state index contributed by atoms with van der Waals surface area (Å²) in [5, 5.41) is 0. The molecule has 0 fully saturated rings. The van der Waals surface area contributed by atoms with Crippen LogP contribution in [-0.4, -0.2) is 37.2 Å². The second kappa shape index (κ2) is 45.8. The highest BCUT2D eigenvalue weighted by Gasteiger charge is 2.18. The summed E-state index contributed by atoms with van der Waals surface area (Å²) in [6.07, 6.45) is 55.5. The van der Waals surface area contributed by atoms with E-state index in [0.717, 1.165) is 44.9 Å². The highest BCUT2D eigenvalue weighted by atomic mass is 16.6. The highest BCUT2D eigenvalue weighted by molar-refractivity contribution is 5.82. The fourth-order valence-corrected chi connectivity index (χ4v) is 6.62. The molecule has 57 heavy (non-hydrogen) atoms. The van der Waals surface area contributed by atoms with Crippen molar-refractivity contribution < 1.29 is 28.6 Å². The lowest BCUT2D eigenvalue weighted by molar-refractivity contribution is -0.163. The minimum atomic E-state index is -0.863. The predicted octanol–water partition coefficient (Wildman–Crippen LogP) is 15.3. The van der Waals surface area contributed by atoms with Crippen LogP contribution in [0.4, 0.5) is 0 Å². The number of rotatable bonds is 42. The van der Waals surface area contributed by atoms with E-state index in [1.165, 1.54) is 154 Å². The standard InChI is InChI=1S/C51H88O6/c1-4-7-10-13-16-19-22-23-24-25-26-27-30-33-36-39-42-45-51(54)57-48(46-55-49(52)43-40-37-34-31-28-20-17-14-11-8-5-2)47-56-50(53)44-41-38-35-32-29-21-18-15-12-9-6-3/h24-27,30,33,36,39,42,45,48H,4-23,28-29,31-32,34-35,37-38,40-41,43-44,46-47H2,1-3H3/b25-24+,27-26+,33-30+,39-36+,45-42+. The first kappa shape index (κ1) is 54.1. The van der Waals surface area contributed by atoms with Gasteiger partial charge in [-0.25, -0.2) is 4.79 Å². The molecule has 0 bridgehead atoms. The average molecular weight is 797 g/mol. The van der Waals surface area contributed by atoms with E-state index in [1.807, 2.05) is 30.4 Å². The number of carbonyl (C=O) groups excluding carboxylic acids is 3. The molecule has 0 aliphatic carbocycles. The maximum Gasteiger partial charge on any atom is 0.331 e. The van der Waals surface area contributed by atoms with Gasteiger partial charge in [-0.3, -0.25) is 9.59 Å². The summed E-state index contributed by atoms with van der Waals surface area (Å²) >= 11 is 0. The third-order valence-electron chi connectivity index (χ3n) is 10.2. The molecule has 0 aromatic rings. The molecule has 0 saturated heterocycles. The zero-order chi connectivity index (χ0) is 41.5. The van der Waals surface area contributed by atoms with Crippen LogP contribution in [0.2, 0.25) is 0 Å². The third-order valence-corrected chi connectivity index (χ3v) is 10.2. The number of hydrogen-bond donors (Lipinski definition) is 0. The molecule has 0 aliphatic rings. The highest BCUT2D eigenvalue weighted by Crippen LogP contribution is 2.14. The summed E-state index contributed by atoms with van der Waals surface area (Å²) in [4.78, 5) is 37.6. The second-order valence-electron chi connectivity index (χ2n) is 15.8. The van der Waals surface area contributed by atoms with Gasteiger partial charge in [-0.05, 0) is 25.7 Å². The van der Waals surface area contributed by atoms with E-state index in [-0.39, 0.29) is 25.2 Å². The van der Waals surface area contributed by atoms with Crippen LogP contribution < -0.4 is 0 Å². The Kier molecular flexibility index (Phi) is 43.5. The van der Waals surface area contributed by atoms with E-state index in [4.69, 9.17) is 14.2 Å². The van der Waals surface area contributed by atoms with Crippen LogP contribution in [0.25, 0.3) is 0 Å². The van der Waals surface area contributed by atoms with E-state index in [0.29, 0.717) is 12.8 Å². The zero-order valence-corrected chi connectivity index (χ0v) is 37.3. The van der Waals surface area contributed by atoms with Crippen LogP contribution in [0.1, 0.15) is 226 Å². The zero-order valence-electron chi connectivity index (χ0n) is 37.3. The van der Waals surface area contributed by atoms with E-state index in [2.05, 4.69) is 32.9 Å². The van der Waals surface area contributed by atoms with Gasteiger partial charge >= 0.3 is 17.9 Å². The van der Waals surface area contributed by atoms with Crippen LogP contribution in [-0.2, 0) is 28.6 Å². The number of hydrogen-bond acceptors (Lipinski definition) is 6. The van der Waals surface area contributed by atoms with Gasteiger partial charge in [-0.1, -0.05) is 242 Å². The Hall–Kier alpha value is -2.89. The molecule has 0 aromatic heterocycles. The van der Waals surface area contributed by atoms with Gasteiger partial charge in [0.25, 0.3) is 0 Å². The summed E-state index contributed by atoms with van der Waals surface area (Å²) in [6, 6.07) is 0. The number of ether oxygens (including phenoxy) is 3. The van der Waals surface area contributed by atoms with Gasteiger partial charge in [0.1, 0.15) is 13.2 Å². The Labute approximate surface area is 351 Å². The van der Waals surface area contributed by atoms with Crippen molar-refractivity contribution in [2.75, 3.05) is 13.2 Å². The first-order valence-electron chi connectivity index (χ1n) is 23.9. The molecule has 328 valence electrons. The van der Waals surface area contributed by atoms with Crippen molar-refractivity contribution >= 4 is 17.9 Å². The van der Waals surface area contributed by atoms with Gasteiger partial charge < -0.3 is 14.2 Å². The number of unbranched alkanes of at least 4 members (excludes halogenated alkanes) is 27. The predicted molar refractivity (Wildman–Crippen MR) is 242 cm³/mol. The molecule has 0 saturated carbocycles. The van der Waals surface area contributed by atoms with Gasteiger partial charge in [0.05, 0.1) is 0 Å². The number of carbonyl (C=O) groups is 3. The maximum absolute atomic E-state index is 12.6. The van der Waals surface area contributed by atoms with Gasteiger partial charge in [0.2, 0.25) is 0 Å². The van der Waals surface area contributed by atoms with Crippen LogP contribution in [0, 0.1) is 0 Å². The quantitative estimate of drug-likeness (QED) is 0.0201. The van der Waals surface area contributed by atoms with E-state index >= 15 is 0 Å². The molecule has 0 amide bonds. The molecule has 0 N–H and O–H groups in total. The second-order valence-corrected chi connectivity index (χ2v) is 15.8. The van der Waals surface area contributed by atoms with Crippen molar-refractivity contribution in [1.82, 2.24) is 0 Å².